The van der Waals surface area contributed by atoms with Crippen LogP contribution in [0.4, 0.5) is 5.69 Å². The molecule has 0 radical (unpaired) electrons. The fraction of sp³-hybridized carbons (Fsp3) is 0.357. The number of benzene rings is 1. The molecule has 0 spiro atoms. The molecule has 1 amide bonds. The van der Waals surface area contributed by atoms with Gasteiger partial charge in [-0.2, -0.15) is 0 Å². The minimum atomic E-state index is -0.200. The van der Waals surface area contributed by atoms with Crippen LogP contribution in [0.15, 0.2) is 18.2 Å². The Balaban J connectivity index is 2.66. The zero-order valence-electron chi connectivity index (χ0n) is 10.8. The van der Waals surface area contributed by atoms with Crippen LogP contribution in [-0.4, -0.2) is 25.7 Å². The third-order valence-corrected chi connectivity index (χ3v) is 2.49. The number of carbonyl (C=O) groups is 1. The fourth-order valence-electron chi connectivity index (χ4n) is 1.35. The van der Waals surface area contributed by atoms with Gasteiger partial charge in [-0.1, -0.05) is 30.4 Å². The Morgan fingerprint density at radius 3 is 3.00 bits per heavy atom. The molecule has 1 aromatic rings. The van der Waals surface area contributed by atoms with Crippen molar-refractivity contribution >= 4 is 23.2 Å². The Morgan fingerprint density at radius 1 is 1.53 bits per heavy atom. The summed E-state index contributed by atoms with van der Waals surface area (Å²) in [5, 5.41) is 3.25. The first kappa shape index (κ1) is 15.5. The minimum absolute atomic E-state index is 0.0419. The molecule has 0 aliphatic rings. The second kappa shape index (κ2) is 8.54. The molecule has 0 atom stereocenters. The molecule has 0 aliphatic heterocycles. The molecule has 1 rings (SSSR count). The van der Waals surface area contributed by atoms with E-state index in [1.165, 1.54) is 0 Å². The van der Waals surface area contributed by atoms with Gasteiger partial charge in [0.05, 0.1) is 11.6 Å². The van der Waals surface area contributed by atoms with Crippen LogP contribution in [0.1, 0.15) is 18.9 Å². The molecule has 0 aliphatic carbocycles. The van der Waals surface area contributed by atoms with Gasteiger partial charge in [0.1, 0.15) is 6.61 Å². The average Bonchev–Trinajstić information content (AvgIpc) is 2.39. The first-order chi connectivity index (χ1) is 9.17. The van der Waals surface area contributed by atoms with Crippen LogP contribution >= 0.6 is 11.6 Å². The smallest absolute Gasteiger partial charge is 0.250 e. The van der Waals surface area contributed by atoms with Crippen molar-refractivity contribution in [1.29, 1.82) is 0 Å². The van der Waals surface area contributed by atoms with Gasteiger partial charge in [-0.3, -0.25) is 4.79 Å². The molecular weight excluding hydrogens is 264 g/mol. The van der Waals surface area contributed by atoms with Crippen molar-refractivity contribution in [1.82, 2.24) is 0 Å². The van der Waals surface area contributed by atoms with E-state index in [1.807, 2.05) is 6.92 Å². The van der Waals surface area contributed by atoms with Crippen molar-refractivity contribution in [2.75, 3.05) is 25.1 Å². The van der Waals surface area contributed by atoms with E-state index < -0.39 is 0 Å². The van der Waals surface area contributed by atoms with Gasteiger partial charge >= 0.3 is 0 Å². The second-order valence-corrected chi connectivity index (χ2v) is 4.21. The Hall–Kier alpha value is -1.54. The quantitative estimate of drug-likeness (QED) is 0.641. The van der Waals surface area contributed by atoms with Gasteiger partial charge in [0.2, 0.25) is 5.91 Å². The van der Waals surface area contributed by atoms with E-state index in [1.54, 1.807) is 18.2 Å². The zero-order valence-corrected chi connectivity index (χ0v) is 11.6. The summed E-state index contributed by atoms with van der Waals surface area (Å²) in [6, 6.07) is 5.11. The Labute approximate surface area is 118 Å². The number of nitrogens with two attached hydrogens (primary N) is 1. The third kappa shape index (κ3) is 5.75. The van der Waals surface area contributed by atoms with E-state index >= 15 is 0 Å². The van der Waals surface area contributed by atoms with Crippen LogP contribution in [0.3, 0.4) is 0 Å². The van der Waals surface area contributed by atoms with E-state index in [0.717, 1.165) is 6.42 Å². The highest BCUT2D eigenvalue weighted by Crippen LogP contribution is 2.19. The molecular formula is C14H17ClN2O2. The summed E-state index contributed by atoms with van der Waals surface area (Å²) in [4.78, 5) is 11.6. The second-order valence-electron chi connectivity index (χ2n) is 3.80. The zero-order chi connectivity index (χ0) is 14.1. The highest BCUT2D eigenvalue weighted by Gasteiger charge is 2.04. The number of anilines is 1. The largest absolute Gasteiger partial charge is 0.372 e. The first-order valence-corrected chi connectivity index (χ1v) is 6.41. The summed E-state index contributed by atoms with van der Waals surface area (Å²) in [6.45, 7) is 2.86. The molecule has 5 heteroatoms. The molecule has 0 unspecified atom stereocenters. The highest BCUT2D eigenvalue weighted by atomic mass is 35.5. The Morgan fingerprint density at radius 2 is 2.32 bits per heavy atom. The third-order valence-electron chi connectivity index (χ3n) is 2.16. The van der Waals surface area contributed by atoms with E-state index in [0.29, 0.717) is 22.9 Å². The van der Waals surface area contributed by atoms with Gasteiger partial charge in [0.25, 0.3) is 0 Å². The number of carbonyl (C=O) groups excluding carboxylic acids is 1. The van der Waals surface area contributed by atoms with Crippen LogP contribution in [-0.2, 0) is 9.53 Å². The van der Waals surface area contributed by atoms with E-state index in [2.05, 4.69) is 17.2 Å². The molecule has 0 aromatic heterocycles. The topological polar surface area (TPSA) is 64.3 Å². The van der Waals surface area contributed by atoms with Gasteiger partial charge in [-0.15, -0.1) is 0 Å². The van der Waals surface area contributed by atoms with Crippen LogP contribution < -0.4 is 11.1 Å². The molecule has 0 saturated heterocycles. The van der Waals surface area contributed by atoms with Crippen molar-refractivity contribution in [3.05, 3.63) is 28.8 Å². The summed E-state index contributed by atoms with van der Waals surface area (Å²) in [5.41, 5.74) is 6.58. The number of hydrogen-bond acceptors (Lipinski definition) is 3. The lowest BCUT2D eigenvalue weighted by Gasteiger charge is -2.07. The highest BCUT2D eigenvalue weighted by molar-refractivity contribution is 6.31. The summed E-state index contributed by atoms with van der Waals surface area (Å²) in [7, 11) is 0. The minimum Gasteiger partial charge on any atom is -0.372 e. The summed E-state index contributed by atoms with van der Waals surface area (Å²) >= 11 is 5.99. The predicted molar refractivity (Wildman–Crippen MR) is 77.1 cm³/mol. The molecule has 1 aromatic carbocycles. The molecule has 19 heavy (non-hydrogen) atoms. The fourth-order valence-corrected chi connectivity index (χ4v) is 1.52. The molecule has 3 N–H and O–H groups in total. The van der Waals surface area contributed by atoms with Crippen molar-refractivity contribution in [3.8, 4) is 11.8 Å². The first-order valence-electron chi connectivity index (χ1n) is 6.03. The van der Waals surface area contributed by atoms with Gasteiger partial charge < -0.3 is 15.8 Å². The van der Waals surface area contributed by atoms with Crippen LogP contribution in [0.2, 0.25) is 5.02 Å². The average molecular weight is 281 g/mol. The molecule has 4 nitrogen and oxygen atoms in total. The molecule has 0 heterocycles. The van der Waals surface area contributed by atoms with Crippen LogP contribution in [0.5, 0.6) is 0 Å². The van der Waals surface area contributed by atoms with Gasteiger partial charge in [-0.25, -0.2) is 0 Å². The van der Waals surface area contributed by atoms with Gasteiger partial charge in [0, 0.05) is 17.9 Å². The van der Waals surface area contributed by atoms with Gasteiger partial charge in [-0.05, 0) is 24.6 Å². The SMILES string of the molecule is CCCOCC(=O)Nc1ccc(Cl)c(C#CCN)c1. The Bertz CT molecular complexity index is 492. The van der Waals surface area contributed by atoms with Crippen molar-refractivity contribution in [3.63, 3.8) is 0 Å². The summed E-state index contributed by atoms with van der Waals surface area (Å²) < 4.78 is 5.15. The maximum atomic E-state index is 11.6. The van der Waals surface area contributed by atoms with E-state index in [-0.39, 0.29) is 19.1 Å². The number of rotatable bonds is 5. The number of amides is 1. The van der Waals surface area contributed by atoms with Crippen molar-refractivity contribution in [2.24, 2.45) is 5.73 Å². The maximum absolute atomic E-state index is 11.6. The van der Waals surface area contributed by atoms with Crippen molar-refractivity contribution < 1.29 is 9.53 Å². The number of halogens is 1. The monoisotopic (exact) mass is 280 g/mol. The number of nitrogens with one attached hydrogen (secondary N) is 1. The summed E-state index contributed by atoms with van der Waals surface area (Å²) in [6.07, 6.45) is 0.882. The molecule has 0 bridgehead atoms. The number of ether oxygens (including phenoxy) is 1. The van der Waals surface area contributed by atoms with Crippen molar-refractivity contribution in [2.45, 2.75) is 13.3 Å². The molecule has 102 valence electrons. The predicted octanol–water partition coefficient (Wildman–Crippen LogP) is 2.02. The molecule has 0 saturated carbocycles. The van der Waals surface area contributed by atoms with E-state index in [4.69, 9.17) is 22.1 Å². The van der Waals surface area contributed by atoms with Crippen LogP contribution in [0.25, 0.3) is 0 Å². The molecule has 0 fully saturated rings. The number of hydrogen-bond donors (Lipinski definition) is 2. The van der Waals surface area contributed by atoms with E-state index in [9.17, 15) is 4.79 Å². The lowest BCUT2D eigenvalue weighted by molar-refractivity contribution is -0.120. The lowest BCUT2D eigenvalue weighted by atomic mass is 10.2. The Kier molecular flexibility index (Phi) is 6.98. The van der Waals surface area contributed by atoms with Gasteiger partial charge in [0.15, 0.2) is 0 Å². The standard InChI is InChI=1S/C14H17ClN2O2/c1-2-8-19-10-14(18)17-12-5-6-13(15)11(9-12)4-3-7-16/h5-6,9H,2,7-8,10,16H2,1H3,(H,17,18). The summed E-state index contributed by atoms with van der Waals surface area (Å²) in [5.74, 6) is 5.37. The maximum Gasteiger partial charge on any atom is 0.250 e. The van der Waals surface area contributed by atoms with Crippen LogP contribution in [0, 0.1) is 11.8 Å². The normalized spacial score (nSPS) is 9.63. The lowest BCUT2D eigenvalue weighted by Crippen LogP contribution is -2.18.